The highest BCUT2D eigenvalue weighted by atomic mass is 16.5. The highest BCUT2D eigenvalue weighted by molar-refractivity contribution is 5.90. The van der Waals surface area contributed by atoms with Crippen LogP contribution in [-0.2, 0) is 14.3 Å². The number of hydrogen-bond donors (Lipinski definition) is 2. The minimum Gasteiger partial charge on any atom is -0.478 e. The standard InChI is InChI=1S/C14H18N2O4/c1-2-8-20-9-6-13(17)16-12-10-11(5-7-15-12)3-4-14(18)19/h3-5,7,10H,2,6,8-9H2,1H3,(H,18,19)(H,15,16,17)/b4-3+. The lowest BCUT2D eigenvalue weighted by Crippen LogP contribution is -2.15. The Bertz CT molecular complexity index is 486. The summed E-state index contributed by atoms with van der Waals surface area (Å²) in [6, 6.07) is 3.25. The van der Waals surface area contributed by atoms with Crippen molar-refractivity contribution < 1.29 is 19.4 Å². The Morgan fingerprint density at radius 3 is 2.95 bits per heavy atom. The van der Waals surface area contributed by atoms with Crippen molar-refractivity contribution in [2.75, 3.05) is 18.5 Å². The number of hydrogen-bond acceptors (Lipinski definition) is 4. The smallest absolute Gasteiger partial charge is 0.328 e. The van der Waals surface area contributed by atoms with Gasteiger partial charge in [-0.3, -0.25) is 4.79 Å². The molecule has 20 heavy (non-hydrogen) atoms. The molecule has 0 saturated carbocycles. The minimum absolute atomic E-state index is 0.187. The van der Waals surface area contributed by atoms with Gasteiger partial charge in [0, 0.05) is 18.9 Å². The molecule has 0 atom stereocenters. The summed E-state index contributed by atoms with van der Waals surface area (Å²) in [6.45, 7) is 3.01. The van der Waals surface area contributed by atoms with E-state index in [0.29, 0.717) is 24.6 Å². The van der Waals surface area contributed by atoms with Gasteiger partial charge < -0.3 is 15.2 Å². The van der Waals surface area contributed by atoms with Gasteiger partial charge >= 0.3 is 5.97 Å². The summed E-state index contributed by atoms with van der Waals surface area (Å²) in [7, 11) is 0. The van der Waals surface area contributed by atoms with Crippen LogP contribution in [0.2, 0.25) is 0 Å². The maximum atomic E-state index is 11.6. The van der Waals surface area contributed by atoms with Gasteiger partial charge in [-0.1, -0.05) is 6.92 Å². The zero-order valence-electron chi connectivity index (χ0n) is 11.3. The molecule has 0 aliphatic heterocycles. The van der Waals surface area contributed by atoms with Gasteiger partial charge in [0.1, 0.15) is 5.82 Å². The third kappa shape index (κ3) is 6.65. The molecule has 0 saturated heterocycles. The fourth-order valence-corrected chi connectivity index (χ4v) is 1.40. The molecule has 1 amide bonds. The van der Waals surface area contributed by atoms with Gasteiger partial charge in [0.25, 0.3) is 0 Å². The molecule has 0 aromatic carbocycles. The Balaban J connectivity index is 2.49. The van der Waals surface area contributed by atoms with Crippen molar-refractivity contribution in [2.45, 2.75) is 19.8 Å². The number of pyridine rings is 1. The largest absolute Gasteiger partial charge is 0.478 e. The summed E-state index contributed by atoms with van der Waals surface area (Å²) < 4.78 is 5.22. The molecule has 0 bridgehead atoms. The Labute approximate surface area is 117 Å². The normalized spacial score (nSPS) is 10.7. The molecule has 0 unspecified atom stereocenters. The maximum absolute atomic E-state index is 11.6. The van der Waals surface area contributed by atoms with E-state index in [-0.39, 0.29) is 12.3 Å². The number of carbonyl (C=O) groups is 2. The van der Waals surface area contributed by atoms with Gasteiger partial charge in [0.15, 0.2) is 0 Å². The number of carbonyl (C=O) groups excluding carboxylic acids is 1. The number of aromatic nitrogens is 1. The second-order valence-electron chi connectivity index (χ2n) is 4.06. The number of carboxylic acid groups (broad SMARTS) is 1. The van der Waals surface area contributed by atoms with E-state index in [1.807, 2.05) is 6.92 Å². The number of nitrogens with one attached hydrogen (secondary N) is 1. The van der Waals surface area contributed by atoms with Crippen LogP contribution in [0.4, 0.5) is 5.82 Å². The number of aliphatic carboxylic acids is 1. The van der Waals surface area contributed by atoms with Gasteiger partial charge in [0.05, 0.1) is 13.0 Å². The molecular weight excluding hydrogens is 260 g/mol. The second kappa shape index (κ2) is 8.82. The first-order valence-corrected chi connectivity index (χ1v) is 6.36. The monoisotopic (exact) mass is 278 g/mol. The van der Waals surface area contributed by atoms with Crippen LogP contribution in [0.3, 0.4) is 0 Å². The zero-order valence-corrected chi connectivity index (χ0v) is 11.3. The maximum Gasteiger partial charge on any atom is 0.328 e. The molecule has 1 aromatic heterocycles. The molecule has 108 valence electrons. The lowest BCUT2D eigenvalue weighted by Gasteiger charge is -2.05. The van der Waals surface area contributed by atoms with Gasteiger partial charge in [-0.15, -0.1) is 0 Å². The van der Waals surface area contributed by atoms with Gasteiger partial charge in [-0.05, 0) is 30.2 Å². The number of carboxylic acids is 1. The summed E-state index contributed by atoms with van der Waals surface area (Å²) in [5.41, 5.74) is 0.653. The van der Waals surface area contributed by atoms with Crippen molar-refractivity contribution in [1.29, 1.82) is 0 Å². The molecule has 0 spiro atoms. The van der Waals surface area contributed by atoms with Crippen LogP contribution in [0.15, 0.2) is 24.4 Å². The van der Waals surface area contributed by atoms with E-state index in [2.05, 4.69) is 10.3 Å². The summed E-state index contributed by atoms with van der Waals surface area (Å²) in [5, 5.41) is 11.2. The van der Waals surface area contributed by atoms with Crippen molar-refractivity contribution in [3.63, 3.8) is 0 Å². The van der Waals surface area contributed by atoms with E-state index in [0.717, 1.165) is 12.5 Å². The van der Waals surface area contributed by atoms with Gasteiger partial charge in [-0.2, -0.15) is 0 Å². The molecule has 0 aliphatic rings. The summed E-state index contributed by atoms with van der Waals surface area (Å²) >= 11 is 0. The van der Waals surface area contributed by atoms with E-state index in [4.69, 9.17) is 9.84 Å². The molecule has 6 nitrogen and oxygen atoms in total. The summed E-state index contributed by atoms with van der Waals surface area (Å²) in [5.74, 6) is -0.827. The van der Waals surface area contributed by atoms with Crippen molar-refractivity contribution >= 4 is 23.8 Å². The molecule has 1 aromatic rings. The first-order valence-electron chi connectivity index (χ1n) is 6.36. The van der Waals surface area contributed by atoms with Crippen LogP contribution in [0.25, 0.3) is 6.08 Å². The van der Waals surface area contributed by atoms with Crippen LogP contribution < -0.4 is 5.32 Å². The highest BCUT2D eigenvalue weighted by Crippen LogP contribution is 2.09. The summed E-state index contributed by atoms with van der Waals surface area (Å²) in [6.07, 6.45) is 5.15. The fraction of sp³-hybridized carbons (Fsp3) is 0.357. The average molecular weight is 278 g/mol. The molecule has 6 heteroatoms. The Kier molecular flexibility index (Phi) is 6.99. The Morgan fingerprint density at radius 1 is 1.45 bits per heavy atom. The minimum atomic E-state index is -1.03. The summed E-state index contributed by atoms with van der Waals surface area (Å²) in [4.78, 5) is 26.0. The number of amides is 1. The van der Waals surface area contributed by atoms with Crippen molar-refractivity contribution in [3.05, 3.63) is 30.0 Å². The van der Waals surface area contributed by atoms with Crippen LogP contribution in [0.1, 0.15) is 25.3 Å². The van der Waals surface area contributed by atoms with Crippen molar-refractivity contribution in [2.24, 2.45) is 0 Å². The predicted octanol–water partition coefficient (Wildman–Crippen LogP) is 1.93. The predicted molar refractivity (Wildman–Crippen MR) is 75.3 cm³/mol. The molecule has 1 rings (SSSR count). The zero-order chi connectivity index (χ0) is 14.8. The third-order valence-electron chi connectivity index (χ3n) is 2.29. The molecule has 0 radical (unpaired) electrons. The molecule has 1 heterocycles. The first kappa shape index (κ1) is 15.8. The molecule has 2 N–H and O–H groups in total. The lowest BCUT2D eigenvalue weighted by atomic mass is 10.2. The van der Waals surface area contributed by atoms with Crippen LogP contribution in [0, 0.1) is 0 Å². The number of ether oxygens (including phenoxy) is 1. The van der Waals surface area contributed by atoms with Crippen molar-refractivity contribution in [3.8, 4) is 0 Å². The van der Waals surface area contributed by atoms with Crippen molar-refractivity contribution in [1.82, 2.24) is 4.98 Å². The molecular formula is C14H18N2O4. The SMILES string of the molecule is CCCOCCC(=O)Nc1cc(/C=C/C(=O)O)ccn1. The van der Waals surface area contributed by atoms with E-state index in [9.17, 15) is 9.59 Å². The number of nitrogens with zero attached hydrogens (tertiary/aromatic N) is 1. The average Bonchev–Trinajstić information content (AvgIpc) is 2.42. The molecule has 0 fully saturated rings. The molecule has 0 aliphatic carbocycles. The number of rotatable bonds is 8. The first-order chi connectivity index (χ1) is 9.61. The lowest BCUT2D eigenvalue weighted by molar-refractivity contribution is -0.131. The Hall–Kier alpha value is -2.21. The van der Waals surface area contributed by atoms with Crippen LogP contribution in [0.5, 0.6) is 0 Å². The van der Waals surface area contributed by atoms with E-state index >= 15 is 0 Å². The quantitative estimate of drug-likeness (QED) is 0.560. The topological polar surface area (TPSA) is 88.5 Å². The second-order valence-corrected chi connectivity index (χ2v) is 4.06. The van der Waals surface area contributed by atoms with E-state index < -0.39 is 5.97 Å². The van der Waals surface area contributed by atoms with Gasteiger partial charge in [0.2, 0.25) is 5.91 Å². The third-order valence-corrected chi connectivity index (χ3v) is 2.29. The fourth-order valence-electron chi connectivity index (χ4n) is 1.40. The van der Waals surface area contributed by atoms with Gasteiger partial charge in [-0.25, -0.2) is 9.78 Å². The van der Waals surface area contributed by atoms with E-state index in [1.54, 1.807) is 12.1 Å². The Morgan fingerprint density at radius 2 is 2.25 bits per heavy atom. The van der Waals surface area contributed by atoms with Crippen LogP contribution in [-0.4, -0.2) is 35.2 Å². The number of anilines is 1. The highest BCUT2D eigenvalue weighted by Gasteiger charge is 2.03. The van der Waals surface area contributed by atoms with Crippen LogP contribution >= 0.6 is 0 Å². The van der Waals surface area contributed by atoms with E-state index in [1.165, 1.54) is 12.3 Å².